The first-order valence-electron chi connectivity index (χ1n) is 11.1. The maximum atomic E-state index is 12.4. The first-order chi connectivity index (χ1) is 15.3. The van der Waals surface area contributed by atoms with Crippen LogP contribution in [0.1, 0.15) is 70.6 Å². The number of hydrogen-bond donors (Lipinski definition) is 3. The van der Waals surface area contributed by atoms with Crippen LogP contribution in [0.3, 0.4) is 0 Å². The van der Waals surface area contributed by atoms with E-state index in [1.807, 2.05) is 0 Å². The molecule has 0 unspecified atom stereocenters. The fourth-order valence-electron chi connectivity index (χ4n) is 2.44. The van der Waals surface area contributed by atoms with Gasteiger partial charge in [-0.3, -0.25) is 19.8 Å². The highest BCUT2D eigenvalue weighted by Gasteiger charge is 2.31. The minimum absolute atomic E-state index is 0.0388. The van der Waals surface area contributed by atoms with Gasteiger partial charge >= 0.3 is 6.09 Å². The molecule has 0 spiro atoms. The Labute approximate surface area is 194 Å². The van der Waals surface area contributed by atoms with Gasteiger partial charge in [0.25, 0.3) is 11.8 Å². The number of carbonyl (C=O) groups excluding carboxylic acids is 4. The number of hydrogen-bond acceptors (Lipinski definition) is 7. The molecule has 2 heterocycles. The number of aromatic nitrogens is 1. The topological polar surface area (TPSA) is 143 Å². The molecule has 1 atom stereocenters. The van der Waals surface area contributed by atoms with Gasteiger partial charge in [0.05, 0.1) is 19.0 Å². The second-order valence-electron chi connectivity index (χ2n) is 9.21. The molecule has 33 heavy (non-hydrogen) atoms. The maximum absolute atomic E-state index is 12.4. The molecule has 1 saturated heterocycles. The van der Waals surface area contributed by atoms with Crippen LogP contribution in [-0.2, 0) is 14.3 Å². The van der Waals surface area contributed by atoms with Crippen LogP contribution < -0.4 is 16.1 Å². The van der Waals surface area contributed by atoms with Gasteiger partial charge in [-0.05, 0) is 40.0 Å². The van der Waals surface area contributed by atoms with Crippen LogP contribution in [-0.4, -0.2) is 59.2 Å². The van der Waals surface area contributed by atoms with Gasteiger partial charge in [0, 0.05) is 12.6 Å². The van der Waals surface area contributed by atoms with Crippen molar-refractivity contribution in [3.8, 4) is 0 Å². The standard InChI is InChI=1S/C17H25N5O6.C5H12/c1-10-7-12(21-28-10)15(25)19-8-13(23)20-22(16(26)27-17(2,3)4)9-11-5-6-18-14(11)24;1-4-5(2)3/h7,11H,5-6,8-9H2,1-4H3,(H,18,24)(H,19,25)(H,20,23);5H,4H2,1-3H3/t11-;/m0./s1. The summed E-state index contributed by atoms with van der Waals surface area (Å²) < 4.78 is 10.1. The molecule has 0 aliphatic carbocycles. The highest BCUT2D eigenvalue weighted by Crippen LogP contribution is 2.14. The molecule has 0 bridgehead atoms. The lowest BCUT2D eigenvalue weighted by molar-refractivity contribution is -0.127. The van der Waals surface area contributed by atoms with E-state index in [1.54, 1.807) is 27.7 Å². The Bertz CT molecular complexity index is 814. The van der Waals surface area contributed by atoms with E-state index in [9.17, 15) is 19.2 Å². The predicted octanol–water partition coefficient (Wildman–Crippen LogP) is 2.17. The molecule has 0 radical (unpaired) electrons. The Morgan fingerprint density at radius 2 is 1.97 bits per heavy atom. The zero-order chi connectivity index (χ0) is 25.2. The second kappa shape index (κ2) is 12.8. The Kier molecular flexibility index (Phi) is 10.8. The van der Waals surface area contributed by atoms with E-state index < -0.39 is 36.0 Å². The highest BCUT2D eigenvalue weighted by atomic mass is 16.6. The summed E-state index contributed by atoms with van der Waals surface area (Å²) in [6.45, 7) is 13.4. The van der Waals surface area contributed by atoms with Crippen molar-refractivity contribution < 1.29 is 28.4 Å². The van der Waals surface area contributed by atoms with Gasteiger partial charge in [0.2, 0.25) is 5.91 Å². The van der Waals surface area contributed by atoms with E-state index in [-0.39, 0.29) is 18.1 Å². The zero-order valence-corrected chi connectivity index (χ0v) is 20.6. The van der Waals surface area contributed by atoms with Crippen LogP contribution in [0.2, 0.25) is 0 Å². The molecule has 3 N–H and O–H groups in total. The number of nitrogens with one attached hydrogen (secondary N) is 3. The number of rotatable bonds is 6. The summed E-state index contributed by atoms with van der Waals surface area (Å²) in [5, 5.41) is 9.55. The molecule has 1 aliphatic rings. The molecule has 11 nitrogen and oxygen atoms in total. The van der Waals surface area contributed by atoms with Crippen molar-refractivity contribution >= 4 is 23.8 Å². The fraction of sp³-hybridized carbons (Fsp3) is 0.682. The van der Waals surface area contributed by atoms with Gasteiger partial charge in [-0.25, -0.2) is 9.80 Å². The van der Waals surface area contributed by atoms with E-state index >= 15 is 0 Å². The zero-order valence-electron chi connectivity index (χ0n) is 20.6. The van der Waals surface area contributed by atoms with Crippen molar-refractivity contribution in [2.45, 2.75) is 66.9 Å². The van der Waals surface area contributed by atoms with Crippen molar-refractivity contribution in [2.75, 3.05) is 19.6 Å². The molecule has 2 rings (SSSR count). The molecule has 1 aromatic heterocycles. The Morgan fingerprint density at radius 3 is 2.42 bits per heavy atom. The molecule has 11 heteroatoms. The number of carbonyl (C=O) groups is 4. The molecule has 1 fully saturated rings. The van der Waals surface area contributed by atoms with E-state index in [1.165, 1.54) is 12.5 Å². The lowest BCUT2D eigenvalue weighted by Crippen LogP contribution is -2.53. The summed E-state index contributed by atoms with van der Waals surface area (Å²) >= 11 is 0. The molecule has 0 saturated carbocycles. The van der Waals surface area contributed by atoms with Gasteiger partial charge in [0.1, 0.15) is 11.4 Å². The number of nitrogens with zero attached hydrogens (tertiary/aromatic N) is 2. The first kappa shape index (κ1) is 27.9. The van der Waals surface area contributed by atoms with Crippen LogP contribution in [0.25, 0.3) is 0 Å². The van der Waals surface area contributed by atoms with Crippen LogP contribution in [0.15, 0.2) is 10.6 Å². The van der Waals surface area contributed by atoms with Crippen molar-refractivity contribution in [3.63, 3.8) is 0 Å². The van der Waals surface area contributed by atoms with Gasteiger partial charge in [0.15, 0.2) is 5.69 Å². The van der Waals surface area contributed by atoms with Crippen molar-refractivity contribution in [3.05, 3.63) is 17.5 Å². The van der Waals surface area contributed by atoms with E-state index in [2.05, 4.69) is 42.0 Å². The summed E-state index contributed by atoms with van der Waals surface area (Å²) in [5.74, 6) is -0.558. The van der Waals surface area contributed by atoms with Gasteiger partial charge in [-0.15, -0.1) is 0 Å². The number of ether oxygens (including phenoxy) is 1. The molecule has 186 valence electrons. The van der Waals surface area contributed by atoms with E-state index in [4.69, 9.17) is 9.26 Å². The van der Waals surface area contributed by atoms with E-state index in [0.29, 0.717) is 18.7 Å². The summed E-state index contributed by atoms with van der Waals surface area (Å²) in [4.78, 5) is 48.3. The lowest BCUT2D eigenvalue weighted by Gasteiger charge is -2.28. The monoisotopic (exact) mass is 467 g/mol. The predicted molar refractivity (Wildman–Crippen MR) is 121 cm³/mol. The minimum Gasteiger partial charge on any atom is -0.442 e. The SMILES string of the molecule is CCC(C)C.Cc1cc(C(=O)NCC(=O)NN(C[C@@H]2CCNC2=O)C(=O)OC(C)(C)C)no1. The molecule has 4 amide bonds. The van der Waals surface area contributed by atoms with Gasteiger partial charge < -0.3 is 19.9 Å². The Balaban J connectivity index is 0.000000981. The summed E-state index contributed by atoms with van der Waals surface area (Å²) in [7, 11) is 0. The van der Waals surface area contributed by atoms with Gasteiger partial charge in [-0.1, -0.05) is 32.3 Å². The minimum atomic E-state index is -0.793. The fourth-order valence-corrected chi connectivity index (χ4v) is 2.44. The third-order valence-corrected chi connectivity index (χ3v) is 4.53. The van der Waals surface area contributed by atoms with Crippen molar-refractivity contribution in [1.82, 2.24) is 26.2 Å². The summed E-state index contributed by atoms with van der Waals surface area (Å²) in [5.41, 5.74) is 1.64. The number of aryl methyl sites for hydroxylation is 1. The average Bonchev–Trinajstić information content (AvgIpc) is 3.33. The third kappa shape index (κ3) is 10.8. The average molecular weight is 468 g/mol. The molecule has 1 aromatic rings. The Hall–Kier alpha value is -3.11. The number of amides is 4. The largest absolute Gasteiger partial charge is 0.442 e. The van der Waals surface area contributed by atoms with Gasteiger partial charge in [-0.2, -0.15) is 0 Å². The summed E-state index contributed by atoms with van der Waals surface area (Å²) in [6, 6.07) is 1.43. The second-order valence-corrected chi connectivity index (χ2v) is 9.21. The summed E-state index contributed by atoms with van der Waals surface area (Å²) in [6.07, 6.45) is 1.05. The van der Waals surface area contributed by atoms with Crippen LogP contribution in [0.4, 0.5) is 4.79 Å². The third-order valence-electron chi connectivity index (χ3n) is 4.53. The normalized spacial score (nSPS) is 15.3. The smallest absolute Gasteiger partial charge is 0.429 e. The maximum Gasteiger partial charge on any atom is 0.429 e. The first-order valence-corrected chi connectivity index (χ1v) is 11.1. The molecular formula is C22H37N5O6. The van der Waals surface area contributed by atoms with Crippen LogP contribution in [0, 0.1) is 18.8 Å². The highest BCUT2D eigenvalue weighted by molar-refractivity contribution is 5.95. The Morgan fingerprint density at radius 1 is 1.33 bits per heavy atom. The van der Waals surface area contributed by atoms with Crippen LogP contribution in [0.5, 0.6) is 0 Å². The van der Waals surface area contributed by atoms with E-state index in [0.717, 1.165) is 10.9 Å². The lowest BCUT2D eigenvalue weighted by atomic mass is 10.1. The molecule has 0 aromatic carbocycles. The van der Waals surface area contributed by atoms with Crippen molar-refractivity contribution in [2.24, 2.45) is 11.8 Å². The molecular weight excluding hydrogens is 430 g/mol. The quantitative estimate of drug-likeness (QED) is 0.544. The molecule has 1 aliphatic heterocycles. The van der Waals surface area contributed by atoms with Crippen LogP contribution >= 0.6 is 0 Å². The number of hydrazine groups is 1. The van der Waals surface area contributed by atoms with Crippen molar-refractivity contribution in [1.29, 1.82) is 0 Å².